The molecule has 1 aliphatic heterocycles. The van der Waals surface area contributed by atoms with Crippen LogP contribution in [0.25, 0.3) is 0 Å². The van der Waals surface area contributed by atoms with Gasteiger partial charge in [0.25, 0.3) is 5.56 Å². The smallest absolute Gasteiger partial charge is 0.330 e. The van der Waals surface area contributed by atoms with Crippen molar-refractivity contribution in [2.24, 2.45) is 5.92 Å². The van der Waals surface area contributed by atoms with Gasteiger partial charge in [0.2, 0.25) is 0 Å². The Morgan fingerprint density at radius 3 is 2.90 bits per heavy atom. The van der Waals surface area contributed by atoms with Gasteiger partial charge in [-0.25, -0.2) is 4.79 Å². The maximum absolute atomic E-state index is 11.9. The molecule has 0 spiro atoms. The Morgan fingerprint density at radius 2 is 2.29 bits per heavy atom. The van der Waals surface area contributed by atoms with Crippen molar-refractivity contribution in [3.63, 3.8) is 0 Å². The van der Waals surface area contributed by atoms with E-state index in [1.54, 1.807) is 0 Å². The second-order valence-corrected chi connectivity index (χ2v) is 10.8. The van der Waals surface area contributed by atoms with Crippen LogP contribution in [-0.2, 0) is 15.9 Å². The first-order valence-corrected chi connectivity index (χ1v) is 10.9. The van der Waals surface area contributed by atoms with Crippen molar-refractivity contribution in [3.05, 3.63) is 32.6 Å². The van der Waals surface area contributed by atoms with Gasteiger partial charge in [-0.15, -0.1) is 0 Å². The number of rotatable bonds is 5. The zero-order valence-corrected chi connectivity index (χ0v) is 14.8. The third kappa shape index (κ3) is 4.19. The molecule has 0 aromatic carbocycles. The predicted octanol–water partition coefficient (Wildman–Crippen LogP) is 0.946. The van der Waals surface area contributed by atoms with Crippen LogP contribution in [0.2, 0.25) is 0 Å². The molecular formula is C11H19N2O5P3. The molecule has 2 N–H and O–H groups in total. The van der Waals surface area contributed by atoms with Crippen molar-refractivity contribution in [2.75, 3.05) is 6.61 Å². The Morgan fingerprint density at radius 1 is 1.57 bits per heavy atom. The Hall–Kier alpha value is -0.150. The molecule has 0 saturated carbocycles. The largest absolute Gasteiger partial charge is 0.391 e. The third-order valence-corrected chi connectivity index (χ3v) is 4.79. The highest BCUT2D eigenvalue weighted by molar-refractivity contribution is 8.41. The average molecular weight is 352 g/mol. The van der Waals surface area contributed by atoms with Gasteiger partial charge in [-0.2, -0.15) is 0 Å². The highest BCUT2D eigenvalue weighted by Crippen LogP contribution is 2.54. The van der Waals surface area contributed by atoms with Crippen LogP contribution in [-0.4, -0.2) is 27.4 Å². The van der Waals surface area contributed by atoms with Gasteiger partial charge in [0, 0.05) is 6.20 Å². The van der Waals surface area contributed by atoms with Gasteiger partial charge < -0.3 is 14.4 Å². The Balaban J connectivity index is 2.17. The zero-order valence-electron chi connectivity index (χ0n) is 11.6. The van der Waals surface area contributed by atoms with Gasteiger partial charge >= 0.3 is 5.69 Å². The first-order chi connectivity index (χ1) is 9.92. The summed E-state index contributed by atoms with van der Waals surface area (Å²) in [5, 5.41) is 9.13. The van der Waals surface area contributed by atoms with E-state index in [1.165, 1.54) is 10.8 Å². The van der Waals surface area contributed by atoms with Gasteiger partial charge in [0.1, 0.15) is 6.23 Å². The van der Waals surface area contributed by atoms with Crippen molar-refractivity contribution < 1.29 is 14.4 Å². The fourth-order valence-electron chi connectivity index (χ4n) is 2.26. The molecule has 5 atom stereocenters. The molecule has 7 nitrogen and oxygen atoms in total. The number of nitrogens with zero attached hydrogens (tertiary/aromatic N) is 1. The van der Waals surface area contributed by atoms with Gasteiger partial charge in [0.05, 0.1) is 32.4 Å². The summed E-state index contributed by atoms with van der Waals surface area (Å²) in [6, 6.07) is 0. The average Bonchev–Trinajstić information content (AvgIpc) is 2.77. The summed E-state index contributed by atoms with van der Waals surface area (Å²) >= 11 is 0. The normalized spacial score (nSPS) is 25.7. The number of aliphatic hydroxyl groups excluding tert-OH is 1. The molecule has 1 aliphatic rings. The number of aromatic nitrogens is 2. The van der Waals surface area contributed by atoms with Gasteiger partial charge in [-0.05, 0) is 12.3 Å². The summed E-state index contributed by atoms with van der Waals surface area (Å²) in [5.41, 5.74) is -0.958. The standard InChI is InChI=1S/C11H19N2O5P3/c1-6-2-9(18-8(6)5-17-21(19)20)13-3-7(4-14)10(15)12-11(13)16/h3,6,8-9,14H,2,4-5,19-20H2,1H3,(H,12,15,16)/t6?,8-,9-/m1/s1. The molecule has 2 rings (SSSR count). The van der Waals surface area contributed by atoms with E-state index in [0.29, 0.717) is 13.0 Å². The molecule has 0 amide bonds. The van der Waals surface area contributed by atoms with Crippen LogP contribution in [0.4, 0.5) is 0 Å². The molecule has 0 aliphatic carbocycles. The summed E-state index contributed by atoms with van der Waals surface area (Å²) in [4.78, 5) is 25.5. The van der Waals surface area contributed by atoms with E-state index in [2.05, 4.69) is 22.8 Å². The quantitative estimate of drug-likeness (QED) is 0.770. The minimum absolute atomic E-state index is 0.0995. The molecule has 118 valence electrons. The SMILES string of the molecule is CC1C[C@H](n2cc(CO)c(=O)[nH]c2=O)O[C@@H]1COP(P)P. The first-order valence-electron chi connectivity index (χ1n) is 6.45. The van der Waals surface area contributed by atoms with Crippen molar-refractivity contribution in [1.82, 2.24) is 9.55 Å². The summed E-state index contributed by atoms with van der Waals surface area (Å²) in [5.74, 6) is 0.233. The van der Waals surface area contributed by atoms with Crippen LogP contribution in [0.5, 0.6) is 0 Å². The number of aromatic amines is 1. The van der Waals surface area contributed by atoms with Crippen molar-refractivity contribution >= 4 is 25.4 Å². The minimum atomic E-state index is -0.618. The summed E-state index contributed by atoms with van der Waals surface area (Å²) < 4.78 is 12.7. The predicted molar refractivity (Wildman–Crippen MR) is 87.2 cm³/mol. The maximum Gasteiger partial charge on any atom is 0.330 e. The Bertz CT molecular complexity index is 602. The lowest BCUT2D eigenvalue weighted by molar-refractivity contribution is -0.0242. The van der Waals surface area contributed by atoms with E-state index >= 15 is 0 Å². The van der Waals surface area contributed by atoms with Crippen LogP contribution < -0.4 is 11.2 Å². The fourth-order valence-corrected chi connectivity index (χ4v) is 3.09. The van der Waals surface area contributed by atoms with E-state index < -0.39 is 31.6 Å². The Kier molecular flexibility index (Phi) is 6.07. The second-order valence-electron chi connectivity index (χ2n) is 4.98. The molecular weight excluding hydrogens is 333 g/mol. The zero-order chi connectivity index (χ0) is 15.6. The van der Waals surface area contributed by atoms with Gasteiger partial charge in [-0.1, -0.05) is 24.8 Å². The van der Waals surface area contributed by atoms with E-state index in [0.717, 1.165) is 0 Å². The highest BCUT2D eigenvalue weighted by atomic mass is 32.4. The summed E-state index contributed by atoms with van der Waals surface area (Å²) in [7, 11) is 4.54. The molecule has 0 radical (unpaired) electrons. The molecule has 3 unspecified atom stereocenters. The van der Waals surface area contributed by atoms with Crippen LogP contribution in [0.15, 0.2) is 15.8 Å². The second kappa shape index (κ2) is 7.41. The van der Waals surface area contributed by atoms with Gasteiger partial charge in [0.15, 0.2) is 0 Å². The first kappa shape index (κ1) is 17.2. The number of aliphatic hydroxyl groups is 1. The topological polar surface area (TPSA) is 93.6 Å². The lowest BCUT2D eigenvalue weighted by atomic mass is 10.0. The number of hydrogen-bond donors (Lipinski definition) is 2. The third-order valence-electron chi connectivity index (χ3n) is 3.45. The van der Waals surface area contributed by atoms with Crippen molar-refractivity contribution in [3.8, 4) is 0 Å². The summed E-state index contributed by atoms with van der Waals surface area (Å²) in [6.45, 7) is 2.07. The molecule has 1 fully saturated rings. The molecule has 1 saturated heterocycles. The van der Waals surface area contributed by atoms with E-state index in [1.807, 2.05) is 6.92 Å². The van der Waals surface area contributed by atoms with Crippen molar-refractivity contribution in [2.45, 2.75) is 32.3 Å². The summed E-state index contributed by atoms with van der Waals surface area (Å²) in [6.07, 6.45) is 1.46. The van der Waals surface area contributed by atoms with E-state index in [-0.39, 0.29) is 17.6 Å². The Labute approximate surface area is 127 Å². The molecule has 1 aromatic rings. The maximum atomic E-state index is 11.9. The lowest BCUT2D eigenvalue weighted by Gasteiger charge is -2.18. The number of hydrogen-bond acceptors (Lipinski definition) is 5. The molecule has 2 heterocycles. The van der Waals surface area contributed by atoms with Crippen molar-refractivity contribution in [1.29, 1.82) is 0 Å². The molecule has 0 bridgehead atoms. The van der Waals surface area contributed by atoms with Crippen LogP contribution >= 0.6 is 25.4 Å². The highest BCUT2D eigenvalue weighted by Gasteiger charge is 2.34. The number of ether oxygens (including phenoxy) is 1. The van der Waals surface area contributed by atoms with Crippen LogP contribution in [0.1, 0.15) is 25.1 Å². The van der Waals surface area contributed by atoms with Gasteiger partial charge in [-0.3, -0.25) is 14.3 Å². The van der Waals surface area contributed by atoms with E-state index in [9.17, 15) is 9.59 Å². The lowest BCUT2D eigenvalue weighted by Crippen LogP contribution is -2.34. The number of nitrogens with one attached hydrogen (secondary N) is 1. The number of H-pyrrole nitrogens is 1. The molecule has 1 aromatic heterocycles. The van der Waals surface area contributed by atoms with E-state index in [4.69, 9.17) is 14.4 Å². The fraction of sp³-hybridized carbons (Fsp3) is 0.636. The monoisotopic (exact) mass is 352 g/mol. The molecule has 10 heteroatoms. The van der Waals surface area contributed by atoms with Crippen LogP contribution in [0, 0.1) is 5.92 Å². The molecule has 21 heavy (non-hydrogen) atoms. The van der Waals surface area contributed by atoms with Crippen LogP contribution in [0.3, 0.4) is 0 Å². The minimum Gasteiger partial charge on any atom is -0.391 e.